The van der Waals surface area contributed by atoms with Crippen molar-refractivity contribution in [2.45, 2.75) is 39.0 Å². The normalized spacial score (nSPS) is 22.3. The van der Waals surface area contributed by atoms with E-state index in [1.807, 2.05) is 13.8 Å². The number of morpholine rings is 1. The van der Waals surface area contributed by atoms with Gasteiger partial charge in [0.25, 0.3) is 11.8 Å². The minimum absolute atomic E-state index is 0.0650. The van der Waals surface area contributed by atoms with Crippen molar-refractivity contribution in [3.8, 4) is 0 Å². The number of anilines is 1. The second-order valence-corrected chi connectivity index (χ2v) is 7.02. The van der Waals surface area contributed by atoms with E-state index in [1.54, 1.807) is 18.9 Å². The Morgan fingerprint density at radius 2 is 1.81 bits per heavy atom. The van der Waals surface area contributed by atoms with E-state index in [0.29, 0.717) is 18.0 Å². The number of rotatable bonds is 5. The molecule has 27 heavy (non-hydrogen) atoms. The molecule has 1 aromatic carbocycles. The van der Waals surface area contributed by atoms with Gasteiger partial charge in [0.15, 0.2) is 30.0 Å². The van der Waals surface area contributed by atoms with Crippen molar-refractivity contribution in [3.05, 3.63) is 29.6 Å². The lowest BCUT2D eigenvalue weighted by atomic mass is 10.2. The number of ether oxygens (including phenoxy) is 1. The van der Waals surface area contributed by atoms with E-state index in [-0.39, 0.29) is 24.7 Å². The van der Waals surface area contributed by atoms with Crippen molar-refractivity contribution in [2.75, 3.05) is 32.0 Å². The molecule has 1 aromatic rings. The van der Waals surface area contributed by atoms with E-state index in [0.717, 1.165) is 12.1 Å². The highest BCUT2D eigenvalue weighted by Gasteiger charge is 2.33. The highest BCUT2D eigenvalue weighted by molar-refractivity contribution is 5.91. The molecule has 2 amide bonds. The molecule has 6 nitrogen and oxygen atoms in total. The zero-order valence-corrected chi connectivity index (χ0v) is 15.8. The van der Waals surface area contributed by atoms with Gasteiger partial charge < -0.3 is 19.9 Å². The van der Waals surface area contributed by atoms with Crippen LogP contribution in [0.5, 0.6) is 0 Å². The predicted molar refractivity (Wildman–Crippen MR) is 92.8 cm³/mol. The zero-order valence-electron chi connectivity index (χ0n) is 15.8. The number of carbonyl (C=O) groups is 2. The predicted octanol–water partition coefficient (Wildman–Crippen LogP) is 0.581. The summed E-state index contributed by atoms with van der Waals surface area (Å²) in [7, 11) is 1.66. The summed E-state index contributed by atoms with van der Waals surface area (Å²) in [5, 5.41) is 2.21. The molecule has 2 N–H and O–H groups in total. The minimum Gasteiger partial charge on any atom is -0.372 e. The molecule has 9 heteroatoms. The van der Waals surface area contributed by atoms with Gasteiger partial charge in [-0.25, -0.2) is 13.2 Å². The Kier molecular flexibility index (Phi) is 6.83. The van der Waals surface area contributed by atoms with Gasteiger partial charge in [0.2, 0.25) is 0 Å². The summed E-state index contributed by atoms with van der Waals surface area (Å²) in [6, 6.07) is 1.17. The number of nitrogens with one attached hydrogen (secondary N) is 2. The summed E-state index contributed by atoms with van der Waals surface area (Å²) < 4.78 is 45.5. The fraction of sp³-hybridized carbons (Fsp3) is 0.556. The molecule has 0 saturated carbocycles. The van der Waals surface area contributed by atoms with E-state index in [2.05, 4.69) is 5.32 Å². The molecule has 0 aliphatic carbocycles. The van der Waals surface area contributed by atoms with Gasteiger partial charge in [0.1, 0.15) is 0 Å². The summed E-state index contributed by atoms with van der Waals surface area (Å²) in [5.74, 6) is -5.16. The smallest absolute Gasteiger partial charge is 0.280 e. The van der Waals surface area contributed by atoms with Crippen molar-refractivity contribution >= 4 is 17.5 Å². The minimum atomic E-state index is -1.65. The maximum Gasteiger partial charge on any atom is 0.280 e. The van der Waals surface area contributed by atoms with Crippen LogP contribution in [0.25, 0.3) is 0 Å². The topological polar surface area (TPSA) is 63.1 Å². The van der Waals surface area contributed by atoms with Crippen LogP contribution in [0.4, 0.5) is 18.9 Å². The van der Waals surface area contributed by atoms with E-state index < -0.39 is 35.1 Å². The molecule has 1 fully saturated rings. The second kappa shape index (κ2) is 8.71. The molecule has 0 aromatic heterocycles. The monoisotopic (exact) mass is 388 g/mol. The Morgan fingerprint density at radius 3 is 2.41 bits per heavy atom. The lowest BCUT2D eigenvalue weighted by Crippen LogP contribution is -3.15. The van der Waals surface area contributed by atoms with Crippen molar-refractivity contribution < 1.29 is 32.4 Å². The van der Waals surface area contributed by atoms with Crippen LogP contribution in [0.1, 0.15) is 20.8 Å². The fourth-order valence-electron chi connectivity index (χ4n) is 3.07. The fourth-order valence-corrected chi connectivity index (χ4v) is 3.07. The summed E-state index contributed by atoms with van der Waals surface area (Å²) in [5.41, 5.74) is -0.443. The maximum atomic E-state index is 13.7. The van der Waals surface area contributed by atoms with Crippen molar-refractivity contribution in [2.24, 2.45) is 0 Å². The molecule has 1 heterocycles. The van der Waals surface area contributed by atoms with Crippen LogP contribution in [-0.4, -0.2) is 61.6 Å². The van der Waals surface area contributed by atoms with Gasteiger partial charge in [-0.2, -0.15) is 0 Å². The van der Waals surface area contributed by atoms with Gasteiger partial charge in [-0.15, -0.1) is 0 Å². The molecule has 0 spiro atoms. The average Bonchev–Trinajstić information content (AvgIpc) is 2.60. The number of likely N-dealkylation sites (N-methyl/N-ethyl adjacent to an activating group) is 1. The summed E-state index contributed by atoms with van der Waals surface area (Å²) in [6.45, 7) is 6.30. The molecule has 1 aliphatic rings. The molecule has 1 aliphatic heterocycles. The van der Waals surface area contributed by atoms with Gasteiger partial charge in [0.05, 0.1) is 24.9 Å². The second-order valence-electron chi connectivity index (χ2n) is 7.02. The number of quaternary nitrogens is 1. The molecule has 1 unspecified atom stereocenters. The number of hydrogen-bond donors (Lipinski definition) is 2. The SMILES string of the molecule is C[C@@H]1CN(C(=O)[C@@H](C)[NH+](C)CC(=O)Nc2ccc(F)c(F)c2F)C[C@H](C)O1. The lowest BCUT2D eigenvalue weighted by molar-refractivity contribution is -0.886. The van der Waals surface area contributed by atoms with E-state index in [4.69, 9.17) is 4.74 Å². The van der Waals surface area contributed by atoms with Crippen LogP contribution in [0.3, 0.4) is 0 Å². The highest BCUT2D eigenvalue weighted by atomic mass is 19.2. The van der Waals surface area contributed by atoms with Crippen LogP contribution in [0.2, 0.25) is 0 Å². The van der Waals surface area contributed by atoms with Crippen LogP contribution in [0.15, 0.2) is 12.1 Å². The van der Waals surface area contributed by atoms with Crippen LogP contribution in [-0.2, 0) is 14.3 Å². The Balaban J connectivity index is 1.95. The third-order valence-corrected chi connectivity index (χ3v) is 4.59. The molecule has 0 bridgehead atoms. The summed E-state index contributed by atoms with van der Waals surface area (Å²) in [6.07, 6.45) is -0.130. The third-order valence-electron chi connectivity index (χ3n) is 4.59. The highest BCUT2D eigenvalue weighted by Crippen LogP contribution is 2.19. The van der Waals surface area contributed by atoms with Crippen LogP contribution >= 0.6 is 0 Å². The molecule has 4 atom stereocenters. The first-order valence-electron chi connectivity index (χ1n) is 8.80. The van der Waals surface area contributed by atoms with Gasteiger partial charge >= 0.3 is 0 Å². The Labute approximate surface area is 156 Å². The van der Waals surface area contributed by atoms with Gasteiger partial charge in [-0.3, -0.25) is 9.59 Å². The quantitative estimate of drug-likeness (QED) is 0.726. The average molecular weight is 388 g/mol. The van der Waals surface area contributed by atoms with Gasteiger partial charge in [-0.05, 0) is 32.9 Å². The maximum absolute atomic E-state index is 13.7. The first-order chi connectivity index (χ1) is 12.6. The van der Waals surface area contributed by atoms with E-state index >= 15 is 0 Å². The van der Waals surface area contributed by atoms with Crippen molar-refractivity contribution in [1.29, 1.82) is 0 Å². The number of benzene rings is 1. The Hall–Kier alpha value is -2.13. The van der Waals surface area contributed by atoms with Gasteiger partial charge in [0, 0.05) is 13.1 Å². The molecule has 2 rings (SSSR count). The largest absolute Gasteiger partial charge is 0.372 e. The molecular formula is C18H25F3N3O3+. The standard InChI is InChI=1S/C18H24F3N3O3/c1-10-7-24(8-11(2)27-10)18(26)12(3)23(4)9-15(25)22-14-6-5-13(19)16(20)17(14)21/h5-6,10-12H,7-9H2,1-4H3,(H,22,25)/p+1/t10-,11+,12-/m1/s1. The van der Waals surface area contributed by atoms with Crippen molar-refractivity contribution in [1.82, 2.24) is 4.90 Å². The van der Waals surface area contributed by atoms with E-state index in [9.17, 15) is 22.8 Å². The Bertz CT molecular complexity index is 707. The van der Waals surface area contributed by atoms with Crippen LogP contribution in [0, 0.1) is 17.5 Å². The number of hydrogen-bond acceptors (Lipinski definition) is 3. The lowest BCUT2D eigenvalue weighted by Gasteiger charge is -2.37. The number of halogens is 3. The van der Waals surface area contributed by atoms with Crippen LogP contribution < -0.4 is 10.2 Å². The molecule has 1 saturated heterocycles. The first-order valence-corrected chi connectivity index (χ1v) is 8.80. The summed E-state index contributed by atoms with van der Waals surface area (Å²) in [4.78, 5) is 27.1. The molecule has 0 radical (unpaired) electrons. The summed E-state index contributed by atoms with van der Waals surface area (Å²) >= 11 is 0. The Morgan fingerprint density at radius 1 is 1.22 bits per heavy atom. The number of nitrogens with zero attached hydrogens (tertiary/aromatic N) is 1. The number of amides is 2. The number of carbonyl (C=O) groups excluding carboxylic acids is 2. The van der Waals surface area contributed by atoms with Crippen molar-refractivity contribution in [3.63, 3.8) is 0 Å². The van der Waals surface area contributed by atoms with E-state index in [1.165, 1.54) is 0 Å². The zero-order chi connectivity index (χ0) is 20.3. The molecule has 150 valence electrons. The third kappa shape index (κ3) is 5.20. The molecular weight excluding hydrogens is 363 g/mol. The van der Waals surface area contributed by atoms with Gasteiger partial charge in [-0.1, -0.05) is 0 Å². The first kappa shape index (κ1) is 21.2.